The molecule has 0 spiro atoms. The molecule has 0 saturated carbocycles. The Bertz CT molecular complexity index is 161. The van der Waals surface area contributed by atoms with E-state index in [4.69, 9.17) is 0 Å². The Kier molecular flexibility index (Phi) is 4.90. The summed E-state index contributed by atoms with van der Waals surface area (Å²) in [6.45, 7) is 9.08. The zero-order valence-corrected chi connectivity index (χ0v) is 6.63. The minimum atomic E-state index is -0.687. The third kappa shape index (κ3) is 6.64. The average molecular weight is 156 g/mol. The van der Waals surface area contributed by atoms with Crippen LogP contribution < -0.4 is 0 Å². The Morgan fingerprint density at radius 3 is 2.64 bits per heavy atom. The van der Waals surface area contributed by atoms with Crippen molar-refractivity contribution in [2.24, 2.45) is 0 Å². The van der Waals surface area contributed by atoms with Crippen molar-refractivity contribution in [3.05, 3.63) is 24.8 Å². The van der Waals surface area contributed by atoms with E-state index in [1.54, 1.807) is 6.92 Å². The van der Waals surface area contributed by atoms with Gasteiger partial charge in [0, 0.05) is 0 Å². The molecular weight excluding hydrogens is 144 g/mol. The van der Waals surface area contributed by atoms with Crippen LogP contribution in [0.4, 0.5) is 4.79 Å². The SMILES string of the molecule is C=CCOC(=O)OCC(=C)C. The fourth-order valence-corrected chi connectivity index (χ4v) is 0.351. The maximum Gasteiger partial charge on any atom is 0.508 e. The highest BCUT2D eigenvalue weighted by Gasteiger charge is 2.00. The first-order valence-electron chi connectivity index (χ1n) is 3.21. The summed E-state index contributed by atoms with van der Waals surface area (Å²) in [6.07, 6.45) is 0.787. The first-order chi connectivity index (χ1) is 5.16. The molecule has 3 nitrogen and oxygen atoms in total. The molecule has 0 saturated heterocycles. The lowest BCUT2D eigenvalue weighted by molar-refractivity contribution is 0.0700. The van der Waals surface area contributed by atoms with Gasteiger partial charge in [-0.05, 0) is 12.5 Å². The lowest BCUT2D eigenvalue weighted by Crippen LogP contribution is -2.08. The van der Waals surface area contributed by atoms with Crippen LogP contribution in [0.25, 0.3) is 0 Å². The van der Waals surface area contributed by atoms with Gasteiger partial charge in [-0.1, -0.05) is 19.2 Å². The molecule has 0 N–H and O–H groups in total. The zero-order valence-electron chi connectivity index (χ0n) is 6.63. The van der Waals surface area contributed by atoms with Gasteiger partial charge in [0.05, 0.1) is 0 Å². The average Bonchev–Trinajstić information content (AvgIpc) is 1.97. The summed E-state index contributed by atoms with van der Waals surface area (Å²) in [4.78, 5) is 10.6. The molecule has 0 radical (unpaired) electrons. The van der Waals surface area contributed by atoms with E-state index in [1.807, 2.05) is 0 Å². The Labute approximate surface area is 66.3 Å². The number of hydrogen-bond donors (Lipinski definition) is 0. The van der Waals surface area contributed by atoms with Gasteiger partial charge in [0.2, 0.25) is 0 Å². The first-order valence-corrected chi connectivity index (χ1v) is 3.21. The number of carbonyl (C=O) groups excluding carboxylic acids is 1. The van der Waals surface area contributed by atoms with Gasteiger partial charge in [-0.3, -0.25) is 0 Å². The molecule has 11 heavy (non-hydrogen) atoms. The van der Waals surface area contributed by atoms with E-state index in [0.29, 0.717) is 0 Å². The summed E-state index contributed by atoms with van der Waals surface area (Å²) in [5.41, 5.74) is 0.778. The molecule has 0 fully saturated rings. The Morgan fingerprint density at radius 2 is 2.18 bits per heavy atom. The van der Waals surface area contributed by atoms with Crippen LogP contribution in [0.2, 0.25) is 0 Å². The van der Waals surface area contributed by atoms with Gasteiger partial charge >= 0.3 is 6.16 Å². The standard InChI is InChI=1S/C8H12O3/c1-4-5-10-8(9)11-6-7(2)3/h4H,1-2,5-6H2,3H3. The number of ether oxygens (including phenoxy) is 2. The van der Waals surface area contributed by atoms with Crippen molar-refractivity contribution in [1.82, 2.24) is 0 Å². The molecular formula is C8H12O3. The molecule has 0 aliphatic rings. The van der Waals surface area contributed by atoms with E-state index in [0.717, 1.165) is 5.57 Å². The summed E-state index contributed by atoms with van der Waals surface area (Å²) < 4.78 is 9.12. The van der Waals surface area contributed by atoms with Gasteiger partial charge in [0.25, 0.3) is 0 Å². The smallest absolute Gasteiger partial charge is 0.430 e. The molecule has 0 amide bonds. The maximum absolute atomic E-state index is 10.6. The number of rotatable bonds is 4. The van der Waals surface area contributed by atoms with Crippen LogP contribution in [0.3, 0.4) is 0 Å². The topological polar surface area (TPSA) is 35.5 Å². The highest BCUT2D eigenvalue weighted by Crippen LogP contribution is 1.91. The largest absolute Gasteiger partial charge is 0.508 e. The van der Waals surface area contributed by atoms with Crippen molar-refractivity contribution in [3.63, 3.8) is 0 Å². The predicted octanol–water partition coefficient (Wildman–Crippen LogP) is 1.90. The summed E-state index contributed by atoms with van der Waals surface area (Å²) in [7, 11) is 0. The number of carbonyl (C=O) groups is 1. The molecule has 0 aliphatic carbocycles. The Morgan fingerprint density at radius 1 is 1.55 bits per heavy atom. The highest BCUT2D eigenvalue weighted by atomic mass is 16.7. The normalized spacial score (nSPS) is 8.45. The third-order valence-electron chi connectivity index (χ3n) is 0.755. The molecule has 0 aromatic heterocycles. The summed E-state index contributed by atoms with van der Waals surface area (Å²) >= 11 is 0. The van der Waals surface area contributed by atoms with Crippen LogP contribution in [-0.2, 0) is 9.47 Å². The maximum atomic E-state index is 10.6. The fraction of sp³-hybridized carbons (Fsp3) is 0.375. The predicted molar refractivity (Wildman–Crippen MR) is 42.3 cm³/mol. The lowest BCUT2D eigenvalue weighted by Gasteiger charge is -2.02. The van der Waals surface area contributed by atoms with Gasteiger partial charge < -0.3 is 9.47 Å². The molecule has 62 valence electrons. The van der Waals surface area contributed by atoms with E-state index in [1.165, 1.54) is 6.08 Å². The van der Waals surface area contributed by atoms with Crippen molar-refractivity contribution in [2.75, 3.05) is 13.2 Å². The third-order valence-corrected chi connectivity index (χ3v) is 0.755. The van der Waals surface area contributed by atoms with E-state index in [-0.39, 0.29) is 13.2 Å². The molecule has 0 aliphatic heterocycles. The second kappa shape index (κ2) is 5.53. The molecule has 0 aromatic carbocycles. The van der Waals surface area contributed by atoms with Gasteiger partial charge in [-0.25, -0.2) is 4.79 Å². The minimum absolute atomic E-state index is 0.176. The second-order valence-corrected chi connectivity index (χ2v) is 2.10. The van der Waals surface area contributed by atoms with Crippen LogP contribution in [0, 0.1) is 0 Å². The zero-order chi connectivity index (χ0) is 8.69. The van der Waals surface area contributed by atoms with Crippen LogP contribution in [0.15, 0.2) is 24.8 Å². The van der Waals surface area contributed by atoms with Crippen molar-refractivity contribution in [1.29, 1.82) is 0 Å². The van der Waals surface area contributed by atoms with Crippen molar-refractivity contribution in [3.8, 4) is 0 Å². The van der Waals surface area contributed by atoms with E-state index >= 15 is 0 Å². The lowest BCUT2D eigenvalue weighted by atomic mass is 10.4. The number of hydrogen-bond acceptors (Lipinski definition) is 3. The van der Waals surface area contributed by atoms with E-state index in [9.17, 15) is 4.79 Å². The van der Waals surface area contributed by atoms with Gasteiger partial charge in [-0.2, -0.15) is 0 Å². The Balaban J connectivity index is 3.37. The summed E-state index contributed by atoms with van der Waals surface area (Å²) in [6, 6.07) is 0. The van der Waals surface area contributed by atoms with Crippen molar-refractivity contribution >= 4 is 6.16 Å². The van der Waals surface area contributed by atoms with Gasteiger partial charge in [0.15, 0.2) is 0 Å². The van der Waals surface area contributed by atoms with Crippen LogP contribution in [0.5, 0.6) is 0 Å². The van der Waals surface area contributed by atoms with Gasteiger partial charge in [-0.15, -0.1) is 0 Å². The van der Waals surface area contributed by atoms with Crippen LogP contribution in [-0.4, -0.2) is 19.4 Å². The summed E-state index contributed by atoms with van der Waals surface area (Å²) in [5.74, 6) is 0. The second-order valence-electron chi connectivity index (χ2n) is 2.10. The van der Waals surface area contributed by atoms with Crippen molar-refractivity contribution in [2.45, 2.75) is 6.92 Å². The molecule has 0 atom stereocenters. The molecule has 0 bridgehead atoms. The first kappa shape index (κ1) is 9.75. The molecule has 0 rings (SSSR count). The molecule has 0 aromatic rings. The minimum Gasteiger partial charge on any atom is -0.430 e. The Hall–Kier alpha value is -1.25. The quantitative estimate of drug-likeness (QED) is 0.460. The van der Waals surface area contributed by atoms with Crippen LogP contribution >= 0.6 is 0 Å². The monoisotopic (exact) mass is 156 g/mol. The van der Waals surface area contributed by atoms with Crippen LogP contribution in [0.1, 0.15) is 6.92 Å². The highest BCUT2D eigenvalue weighted by molar-refractivity contribution is 5.60. The fourth-order valence-electron chi connectivity index (χ4n) is 0.351. The van der Waals surface area contributed by atoms with E-state index in [2.05, 4.69) is 22.6 Å². The molecule has 3 heteroatoms. The van der Waals surface area contributed by atoms with Gasteiger partial charge in [0.1, 0.15) is 13.2 Å². The van der Waals surface area contributed by atoms with E-state index < -0.39 is 6.16 Å². The van der Waals surface area contributed by atoms with Crippen molar-refractivity contribution < 1.29 is 14.3 Å². The molecule has 0 unspecified atom stereocenters. The summed E-state index contributed by atoms with van der Waals surface area (Å²) in [5, 5.41) is 0. The molecule has 0 heterocycles.